The molecule has 1 atom stereocenters. The number of amides is 1. The van der Waals surface area contributed by atoms with E-state index in [-0.39, 0.29) is 11.1 Å². The maximum Gasteiger partial charge on any atom is 0.412 e. The van der Waals surface area contributed by atoms with Gasteiger partial charge in [-0.05, 0) is 29.8 Å². The Hall–Kier alpha value is -3.16. The number of alkyl halides is 3. The van der Waals surface area contributed by atoms with E-state index in [0.717, 1.165) is 17.5 Å². The molecule has 0 aliphatic carbocycles. The number of nitrogens with one attached hydrogen (secondary N) is 2. The third-order valence-corrected chi connectivity index (χ3v) is 3.58. The predicted molar refractivity (Wildman–Crippen MR) is 84.5 cm³/mol. The highest BCUT2D eigenvalue weighted by molar-refractivity contribution is 5.95. The molecule has 0 saturated carbocycles. The minimum Gasteiger partial charge on any atom is -0.337 e. The molecular formula is C17H13F3N4O. The summed E-state index contributed by atoms with van der Waals surface area (Å²) in [7, 11) is 0. The number of aromatic nitrogens is 3. The molecule has 5 nitrogen and oxygen atoms in total. The van der Waals surface area contributed by atoms with E-state index in [9.17, 15) is 18.0 Å². The average Bonchev–Trinajstić information content (AvgIpc) is 3.14. The summed E-state index contributed by atoms with van der Waals surface area (Å²) in [5.74, 6) is -0.817. The van der Waals surface area contributed by atoms with Crippen molar-refractivity contribution in [2.75, 3.05) is 0 Å². The van der Waals surface area contributed by atoms with Gasteiger partial charge in [-0.25, -0.2) is 0 Å². The van der Waals surface area contributed by atoms with Crippen LogP contribution in [0.2, 0.25) is 0 Å². The monoisotopic (exact) mass is 346 g/mol. The van der Waals surface area contributed by atoms with E-state index in [1.165, 1.54) is 30.5 Å². The highest BCUT2D eigenvalue weighted by Crippen LogP contribution is 2.32. The Morgan fingerprint density at radius 1 is 1.08 bits per heavy atom. The van der Waals surface area contributed by atoms with Crippen LogP contribution in [-0.4, -0.2) is 27.3 Å². The topological polar surface area (TPSA) is 70.7 Å². The molecule has 0 aliphatic heterocycles. The van der Waals surface area contributed by atoms with Crippen LogP contribution in [-0.2, 0) is 0 Å². The Kier molecular flexibility index (Phi) is 4.51. The largest absolute Gasteiger partial charge is 0.412 e. The van der Waals surface area contributed by atoms with Gasteiger partial charge in [-0.3, -0.25) is 14.9 Å². The number of nitrogens with zero attached hydrogens (tertiary/aromatic N) is 2. The second-order valence-corrected chi connectivity index (χ2v) is 5.28. The molecule has 3 rings (SSSR count). The minimum atomic E-state index is -4.63. The number of carbonyl (C=O) groups is 1. The molecule has 8 heteroatoms. The summed E-state index contributed by atoms with van der Waals surface area (Å²) in [5, 5.41) is 8.61. The summed E-state index contributed by atoms with van der Waals surface area (Å²) in [5.41, 5.74) is 1.52. The molecule has 2 aromatic heterocycles. The van der Waals surface area contributed by atoms with E-state index in [0.29, 0.717) is 0 Å². The summed E-state index contributed by atoms with van der Waals surface area (Å²) >= 11 is 0. The van der Waals surface area contributed by atoms with E-state index in [1.54, 1.807) is 24.4 Å². The first kappa shape index (κ1) is 16.7. The fraction of sp³-hybridized carbons (Fsp3) is 0.118. The van der Waals surface area contributed by atoms with Crippen LogP contribution in [0.1, 0.15) is 22.0 Å². The molecule has 128 valence electrons. The van der Waals surface area contributed by atoms with Crippen LogP contribution in [0.5, 0.6) is 0 Å². The van der Waals surface area contributed by atoms with Crippen molar-refractivity contribution in [3.8, 4) is 11.3 Å². The van der Waals surface area contributed by atoms with E-state index in [2.05, 4.69) is 15.2 Å². The first-order valence-corrected chi connectivity index (χ1v) is 7.32. The number of benzene rings is 1. The highest BCUT2D eigenvalue weighted by atomic mass is 19.4. The molecule has 25 heavy (non-hydrogen) atoms. The van der Waals surface area contributed by atoms with Crippen LogP contribution in [0, 0.1) is 0 Å². The van der Waals surface area contributed by atoms with Gasteiger partial charge in [-0.15, -0.1) is 0 Å². The lowest BCUT2D eigenvalue weighted by atomic mass is 10.1. The van der Waals surface area contributed by atoms with Gasteiger partial charge >= 0.3 is 6.18 Å². The number of hydrogen-bond donors (Lipinski definition) is 2. The number of H-pyrrole nitrogens is 1. The second-order valence-electron chi connectivity index (χ2n) is 5.28. The molecule has 1 aromatic carbocycles. The third-order valence-electron chi connectivity index (χ3n) is 3.58. The van der Waals surface area contributed by atoms with E-state index in [1.807, 2.05) is 5.32 Å². The average molecular weight is 346 g/mol. The van der Waals surface area contributed by atoms with Crippen LogP contribution in [0.15, 0.2) is 61.1 Å². The first-order valence-electron chi connectivity index (χ1n) is 7.32. The highest BCUT2D eigenvalue weighted by Gasteiger charge is 2.42. The molecule has 0 spiro atoms. The summed E-state index contributed by atoms with van der Waals surface area (Å²) in [6.07, 6.45) is -0.598. The molecular weight excluding hydrogens is 333 g/mol. The van der Waals surface area contributed by atoms with Crippen molar-refractivity contribution in [1.29, 1.82) is 0 Å². The third kappa shape index (κ3) is 3.85. The Morgan fingerprint density at radius 2 is 1.84 bits per heavy atom. The van der Waals surface area contributed by atoms with Gasteiger partial charge in [0.1, 0.15) is 0 Å². The number of carbonyl (C=O) groups excluding carboxylic acids is 1. The van der Waals surface area contributed by atoms with Crippen LogP contribution in [0.3, 0.4) is 0 Å². The minimum absolute atomic E-state index is 0.126. The van der Waals surface area contributed by atoms with Crippen LogP contribution in [0.4, 0.5) is 13.2 Å². The predicted octanol–water partition coefficient (Wildman–Crippen LogP) is 3.51. The summed E-state index contributed by atoms with van der Waals surface area (Å²) in [6.45, 7) is 0. The zero-order chi connectivity index (χ0) is 17.9. The summed E-state index contributed by atoms with van der Waals surface area (Å²) in [6, 6.07) is 8.47. The van der Waals surface area contributed by atoms with Gasteiger partial charge in [0.15, 0.2) is 6.04 Å². The summed E-state index contributed by atoms with van der Waals surface area (Å²) < 4.78 is 39.8. The van der Waals surface area contributed by atoms with Gasteiger partial charge in [0.2, 0.25) is 0 Å². The molecule has 2 N–H and O–H groups in total. The summed E-state index contributed by atoms with van der Waals surface area (Å²) in [4.78, 5) is 15.9. The van der Waals surface area contributed by atoms with E-state index < -0.39 is 18.1 Å². The first-order chi connectivity index (χ1) is 11.9. The molecule has 0 saturated heterocycles. The zero-order valence-electron chi connectivity index (χ0n) is 12.8. The van der Waals surface area contributed by atoms with Crippen LogP contribution < -0.4 is 5.32 Å². The van der Waals surface area contributed by atoms with E-state index in [4.69, 9.17) is 0 Å². The number of halogens is 3. The van der Waals surface area contributed by atoms with Gasteiger partial charge in [0, 0.05) is 29.7 Å². The van der Waals surface area contributed by atoms with Gasteiger partial charge in [-0.1, -0.05) is 18.2 Å². The lowest BCUT2D eigenvalue weighted by Crippen LogP contribution is -2.38. The Bertz CT molecular complexity index is 831. The SMILES string of the molecule is O=C(N[C@@H](c1cccnc1)C(F)(F)F)c1ccc(-c2ccn[nH]2)cc1. The smallest absolute Gasteiger partial charge is 0.337 e. The van der Waals surface area contributed by atoms with Crippen molar-refractivity contribution < 1.29 is 18.0 Å². The Balaban J connectivity index is 1.80. The molecule has 0 bridgehead atoms. The van der Waals surface area contributed by atoms with Crippen molar-refractivity contribution in [1.82, 2.24) is 20.5 Å². The number of aromatic amines is 1. The number of rotatable bonds is 4. The number of hydrogen-bond acceptors (Lipinski definition) is 3. The van der Waals surface area contributed by atoms with Crippen molar-refractivity contribution in [3.63, 3.8) is 0 Å². The lowest BCUT2D eigenvalue weighted by Gasteiger charge is -2.21. The quantitative estimate of drug-likeness (QED) is 0.759. The van der Waals surface area contributed by atoms with Crippen molar-refractivity contribution in [3.05, 3.63) is 72.2 Å². The maximum atomic E-state index is 13.3. The van der Waals surface area contributed by atoms with Crippen molar-refractivity contribution in [2.45, 2.75) is 12.2 Å². The van der Waals surface area contributed by atoms with Crippen LogP contribution >= 0.6 is 0 Å². The molecule has 0 radical (unpaired) electrons. The van der Waals surface area contributed by atoms with Crippen molar-refractivity contribution >= 4 is 5.91 Å². The fourth-order valence-corrected chi connectivity index (χ4v) is 2.33. The molecule has 3 aromatic rings. The van der Waals surface area contributed by atoms with Gasteiger partial charge in [0.25, 0.3) is 5.91 Å². The van der Waals surface area contributed by atoms with Crippen molar-refractivity contribution in [2.24, 2.45) is 0 Å². The van der Waals surface area contributed by atoms with Gasteiger partial charge in [0.05, 0.1) is 5.69 Å². The maximum absolute atomic E-state index is 13.3. The van der Waals surface area contributed by atoms with Gasteiger partial charge in [-0.2, -0.15) is 18.3 Å². The lowest BCUT2D eigenvalue weighted by molar-refractivity contribution is -0.155. The fourth-order valence-electron chi connectivity index (χ4n) is 2.33. The second kappa shape index (κ2) is 6.76. The molecule has 1 amide bonds. The molecule has 0 aliphatic rings. The normalized spacial score (nSPS) is 12.6. The Labute approximate surface area is 140 Å². The molecule has 0 fully saturated rings. The van der Waals surface area contributed by atoms with E-state index >= 15 is 0 Å². The zero-order valence-corrected chi connectivity index (χ0v) is 12.8. The standard InChI is InChI=1S/C17H13F3N4O/c18-17(19,20)15(13-2-1-8-21-10-13)23-16(25)12-5-3-11(4-6-12)14-7-9-22-24-14/h1-10,15H,(H,22,24)(H,23,25)/t15-/m0/s1. The van der Waals surface area contributed by atoms with Crippen LogP contribution in [0.25, 0.3) is 11.3 Å². The molecule has 2 heterocycles. The van der Waals surface area contributed by atoms with Gasteiger partial charge < -0.3 is 5.32 Å². The Morgan fingerprint density at radius 3 is 2.40 bits per heavy atom. The molecule has 0 unspecified atom stereocenters. The number of pyridine rings is 1.